The smallest absolute Gasteiger partial charge is 0.137 e. The van der Waals surface area contributed by atoms with Crippen LogP contribution in [-0.4, -0.2) is 0 Å². The summed E-state index contributed by atoms with van der Waals surface area (Å²) in [6, 6.07) is 9.17. The standard InChI is InChI=1S/C15H14BrF2N/c1-9-6-11(17)3-4-12(9)15(19)8-10-2-5-14(18)13(16)7-10/h2-7,15H,8,19H2,1H3. The van der Waals surface area contributed by atoms with Crippen molar-refractivity contribution in [3.05, 3.63) is 69.2 Å². The van der Waals surface area contributed by atoms with Crippen molar-refractivity contribution >= 4 is 15.9 Å². The van der Waals surface area contributed by atoms with Crippen molar-refractivity contribution in [1.29, 1.82) is 0 Å². The number of nitrogens with two attached hydrogens (primary N) is 1. The number of hydrogen-bond acceptors (Lipinski definition) is 1. The zero-order chi connectivity index (χ0) is 14.0. The Morgan fingerprint density at radius 2 is 1.89 bits per heavy atom. The third-order valence-corrected chi connectivity index (χ3v) is 3.68. The molecule has 0 aliphatic heterocycles. The molecule has 2 N–H and O–H groups in total. The molecule has 0 saturated heterocycles. The van der Waals surface area contributed by atoms with E-state index >= 15 is 0 Å². The molecule has 0 radical (unpaired) electrons. The second kappa shape index (κ2) is 5.80. The molecule has 2 rings (SSSR count). The Morgan fingerprint density at radius 1 is 1.16 bits per heavy atom. The maximum atomic E-state index is 13.1. The number of halogens is 3. The Kier molecular flexibility index (Phi) is 4.32. The van der Waals surface area contributed by atoms with Crippen LogP contribution in [0.1, 0.15) is 22.7 Å². The van der Waals surface area contributed by atoms with Crippen molar-refractivity contribution < 1.29 is 8.78 Å². The highest BCUT2D eigenvalue weighted by Gasteiger charge is 2.11. The predicted molar refractivity (Wildman–Crippen MR) is 75.9 cm³/mol. The summed E-state index contributed by atoms with van der Waals surface area (Å²) in [7, 11) is 0. The topological polar surface area (TPSA) is 26.0 Å². The van der Waals surface area contributed by atoms with E-state index in [4.69, 9.17) is 5.73 Å². The zero-order valence-electron chi connectivity index (χ0n) is 10.5. The molecule has 0 bridgehead atoms. The Morgan fingerprint density at radius 3 is 2.53 bits per heavy atom. The SMILES string of the molecule is Cc1cc(F)ccc1C(N)Cc1ccc(F)c(Br)c1. The third-order valence-electron chi connectivity index (χ3n) is 3.07. The van der Waals surface area contributed by atoms with Gasteiger partial charge in [0.2, 0.25) is 0 Å². The number of aryl methyl sites for hydroxylation is 1. The van der Waals surface area contributed by atoms with Crippen LogP contribution in [0.4, 0.5) is 8.78 Å². The average Bonchev–Trinajstić information content (AvgIpc) is 2.33. The summed E-state index contributed by atoms with van der Waals surface area (Å²) >= 11 is 3.15. The summed E-state index contributed by atoms with van der Waals surface area (Å²) in [5, 5.41) is 0. The molecule has 0 spiro atoms. The average molecular weight is 326 g/mol. The number of rotatable bonds is 3. The largest absolute Gasteiger partial charge is 0.324 e. The molecule has 2 aromatic rings. The molecule has 0 heterocycles. The molecule has 0 aliphatic carbocycles. The van der Waals surface area contributed by atoms with E-state index in [-0.39, 0.29) is 17.7 Å². The maximum absolute atomic E-state index is 13.1. The van der Waals surface area contributed by atoms with Crippen LogP contribution in [0.3, 0.4) is 0 Å². The normalized spacial score (nSPS) is 12.5. The highest BCUT2D eigenvalue weighted by molar-refractivity contribution is 9.10. The van der Waals surface area contributed by atoms with E-state index in [2.05, 4.69) is 15.9 Å². The first-order valence-corrected chi connectivity index (χ1v) is 6.72. The molecule has 1 nitrogen and oxygen atoms in total. The molecule has 0 aromatic heterocycles. The van der Waals surface area contributed by atoms with Gasteiger partial charge in [-0.05, 0) is 70.2 Å². The van der Waals surface area contributed by atoms with Gasteiger partial charge in [0.05, 0.1) is 4.47 Å². The molecule has 1 atom stereocenters. The van der Waals surface area contributed by atoms with Gasteiger partial charge in [-0.3, -0.25) is 0 Å². The van der Waals surface area contributed by atoms with Crippen molar-refractivity contribution in [3.8, 4) is 0 Å². The summed E-state index contributed by atoms with van der Waals surface area (Å²) in [5.74, 6) is -0.562. The van der Waals surface area contributed by atoms with Crippen molar-refractivity contribution in [3.63, 3.8) is 0 Å². The fourth-order valence-corrected chi connectivity index (χ4v) is 2.51. The molecule has 1 unspecified atom stereocenters. The van der Waals surface area contributed by atoms with Gasteiger partial charge in [-0.15, -0.1) is 0 Å². The van der Waals surface area contributed by atoms with E-state index < -0.39 is 0 Å². The second-order valence-electron chi connectivity index (χ2n) is 4.56. The van der Waals surface area contributed by atoms with Crippen LogP contribution in [-0.2, 0) is 6.42 Å². The van der Waals surface area contributed by atoms with Gasteiger partial charge >= 0.3 is 0 Å². The van der Waals surface area contributed by atoms with Gasteiger partial charge in [-0.2, -0.15) is 0 Å². The van der Waals surface area contributed by atoms with Gasteiger partial charge in [0, 0.05) is 6.04 Å². The molecule has 4 heteroatoms. The molecular weight excluding hydrogens is 312 g/mol. The minimum absolute atomic E-state index is 0.238. The predicted octanol–water partition coefficient (Wildman–Crippen LogP) is 4.28. The Balaban J connectivity index is 2.20. The van der Waals surface area contributed by atoms with Crippen LogP contribution >= 0.6 is 15.9 Å². The van der Waals surface area contributed by atoms with Crippen LogP contribution < -0.4 is 5.73 Å². The first-order chi connectivity index (χ1) is 8.97. The van der Waals surface area contributed by atoms with Gasteiger partial charge in [0.25, 0.3) is 0 Å². The molecule has 19 heavy (non-hydrogen) atoms. The first kappa shape index (κ1) is 14.2. The minimum atomic E-state index is -0.296. The molecule has 2 aromatic carbocycles. The summed E-state index contributed by atoms with van der Waals surface area (Å²) in [5.41, 5.74) is 8.80. The molecule has 0 amide bonds. The van der Waals surface area contributed by atoms with Crippen LogP contribution in [0.2, 0.25) is 0 Å². The lowest BCUT2D eigenvalue weighted by atomic mass is 9.96. The van der Waals surface area contributed by atoms with Crippen LogP contribution in [0.25, 0.3) is 0 Å². The van der Waals surface area contributed by atoms with E-state index in [1.165, 1.54) is 18.2 Å². The first-order valence-electron chi connectivity index (χ1n) is 5.93. The molecule has 0 aliphatic rings. The Hall–Kier alpha value is -1.26. The molecule has 0 fully saturated rings. The van der Waals surface area contributed by atoms with Crippen LogP contribution in [0.5, 0.6) is 0 Å². The van der Waals surface area contributed by atoms with Gasteiger partial charge < -0.3 is 5.73 Å². The number of benzene rings is 2. The van der Waals surface area contributed by atoms with Crippen LogP contribution in [0, 0.1) is 18.6 Å². The summed E-state index contributed by atoms with van der Waals surface area (Å²) in [4.78, 5) is 0. The molecule has 100 valence electrons. The monoisotopic (exact) mass is 325 g/mol. The Bertz CT molecular complexity index is 599. The lowest BCUT2D eigenvalue weighted by Gasteiger charge is -2.15. The number of hydrogen-bond donors (Lipinski definition) is 1. The lowest BCUT2D eigenvalue weighted by molar-refractivity contribution is 0.617. The summed E-state index contributed by atoms with van der Waals surface area (Å²) in [6.45, 7) is 1.83. The quantitative estimate of drug-likeness (QED) is 0.895. The summed E-state index contributed by atoms with van der Waals surface area (Å²) in [6.07, 6.45) is 0.575. The van der Waals surface area contributed by atoms with E-state index in [0.29, 0.717) is 10.9 Å². The van der Waals surface area contributed by atoms with Gasteiger partial charge in [0.1, 0.15) is 11.6 Å². The van der Waals surface area contributed by atoms with Crippen molar-refractivity contribution in [2.24, 2.45) is 5.73 Å². The molecular formula is C15H14BrF2N. The van der Waals surface area contributed by atoms with Crippen LogP contribution in [0.15, 0.2) is 40.9 Å². The highest BCUT2D eigenvalue weighted by atomic mass is 79.9. The fourth-order valence-electron chi connectivity index (χ4n) is 2.09. The zero-order valence-corrected chi connectivity index (χ0v) is 12.0. The summed E-state index contributed by atoms with van der Waals surface area (Å²) < 4.78 is 26.6. The maximum Gasteiger partial charge on any atom is 0.137 e. The van der Waals surface area contributed by atoms with Crippen molar-refractivity contribution in [2.45, 2.75) is 19.4 Å². The minimum Gasteiger partial charge on any atom is -0.324 e. The van der Waals surface area contributed by atoms with Crippen molar-refractivity contribution in [2.75, 3.05) is 0 Å². The van der Waals surface area contributed by atoms with Crippen molar-refractivity contribution in [1.82, 2.24) is 0 Å². The third kappa shape index (κ3) is 3.39. The van der Waals surface area contributed by atoms with E-state index in [0.717, 1.165) is 16.7 Å². The van der Waals surface area contributed by atoms with Gasteiger partial charge in [-0.25, -0.2) is 8.78 Å². The molecule has 0 saturated carbocycles. The van der Waals surface area contributed by atoms with Gasteiger partial charge in [0.15, 0.2) is 0 Å². The lowest BCUT2D eigenvalue weighted by Crippen LogP contribution is -2.14. The fraction of sp³-hybridized carbons (Fsp3) is 0.200. The van der Waals surface area contributed by atoms with E-state index in [1.807, 2.05) is 6.92 Å². The van der Waals surface area contributed by atoms with E-state index in [1.54, 1.807) is 18.2 Å². The van der Waals surface area contributed by atoms with E-state index in [9.17, 15) is 8.78 Å². The van der Waals surface area contributed by atoms with Gasteiger partial charge in [-0.1, -0.05) is 12.1 Å². The highest BCUT2D eigenvalue weighted by Crippen LogP contribution is 2.23. The Labute approximate surface area is 119 Å². The second-order valence-corrected chi connectivity index (χ2v) is 5.41.